The molecule has 0 unspecified atom stereocenters. The molecule has 0 rings (SSSR count). The van der Waals surface area contributed by atoms with E-state index in [1.54, 1.807) is 0 Å². The van der Waals surface area contributed by atoms with Gasteiger partial charge in [-0.3, -0.25) is 0 Å². The van der Waals surface area contributed by atoms with Crippen LogP contribution in [-0.4, -0.2) is 57.8 Å². The minimum absolute atomic E-state index is 0. The summed E-state index contributed by atoms with van der Waals surface area (Å²) in [5, 5.41) is 0. The summed E-state index contributed by atoms with van der Waals surface area (Å²) in [6, 6.07) is 0. The van der Waals surface area contributed by atoms with E-state index in [9.17, 15) is 0 Å². The van der Waals surface area contributed by atoms with Gasteiger partial charge in [-0.05, 0) is 3.44 Å². The minimum atomic E-state index is -3.76. The van der Waals surface area contributed by atoms with Crippen molar-refractivity contribution in [1.82, 2.24) is 0 Å². The van der Waals surface area contributed by atoms with Gasteiger partial charge in [0.2, 0.25) is 0 Å². The molecule has 6 heteroatoms. The van der Waals surface area contributed by atoms with E-state index in [-0.39, 0.29) is 54.4 Å². The molecule has 0 bridgehead atoms. The Morgan fingerprint density at radius 1 is 1.33 bits per heavy atom. The van der Waals surface area contributed by atoms with Crippen LogP contribution in [0.1, 0.15) is 0 Å². The van der Waals surface area contributed by atoms with Crippen molar-refractivity contribution in [3.8, 4) is 0 Å². The molecule has 0 aliphatic heterocycles. The van der Waals surface area contributed by atoms with Gasteiger partial charge in [-0.1, -0.05) is 0 Å². The smallest absolute Gasteiger partial charge is 0.412 e. The van der Waals surface area contributed by atoms with Crippen LogP contribution in [0, 0.1) is 0 Å². The van der Waals surface area contributed by atoms with Gasteiger partial charge >= 0.3 is 69.9 Å². The summed E-state index contributed by atoms with van der Waals surface area (Å²) in [6.07, 6.45) is 0. The quantitative estimate of drug-likeness (QED) is 0.353. The van der Waals surface area contributed by atoms with Crippen molar-refractivity contribution < 1.29 is 36.8 Å². The first-order valence-corrected chi connectivity index (χ1v) is 3.20. The molecule has 0 aliphatic carbocycles. The van der Waals surface area contributed by atoms with Crippen molar-refractivity contribution in [3.63, 3.8) is 0 Å². The molecule has 0 fully saturated rings. The van der Waals surface area contributed by atoms with Crippen LogP contribution < -0.4 is 27.9 Å². The molecule has 0 spiro atoms. The molecule has 0 heterocycles. The van der Waals surface area contributed by atoms with Crippen molar-refractivity contribution in [2.45, 2.75) is 0 Å². The molecule has 0 amide bonds. The Kier molecular flexibility index (Phi) is 26.7. The van der Waals surface area contributed by atoms with E-state index in [0.717, 1.165) is 0 Å². The van der Waals surface area contributed by atoms with Crippen molar-refractivity contribution in [2.24, 2.45) is 0 Å². The van der Waals surface area contributed by atoms with Gasteiger partial charge < -0.3 is 12.3 Å². The Morgan fingerprint density at radius 3 is 1.33 bits per heavy atom. The first-order valence-electron chi connectivity index (χ1n) is 0.478. The Balaban J connectivity index is -0.0000000450. The van der Waals surface area contributed by atoms with Gasteiger partial charge in [0.05, 0.1) is 0 Å². The summed E-state index contributed by atoms with van der Waals surface area (Å²) < 4.78 is 24.5. The van der Waals surface area contributed by atoms with E-state index in [2.05, 4.69) is 0 Å². The SMILES string of the molecule is O.[Ba+2].[O-][I+2]([O-])O. The minimum Gasteiger partial charge on any atom is -0.412 e. The summed E-state index contributed by atoms with van der Waals surface area (Å²) in [6.45, 7) is 0. The zero-order valence-corrected chi connectivity index (χ0v) is 9.45. The maximum atomic E-state index is 8.68. The third-order valence-electron chi connectivity index (χ3n) is 0. The number of hydrogen-bond acceptors (Lipinski definition) is 3. The summed E-state index contributed by atoms with van der Waals surface area (Å²) in [4.78, 5) is 0. The fourth-order valence-electron chi connectivity index (χ4n) is 0. The van der Waals surface area contributed by atoms with E-state index in [4.69, 9.17) is 10.3 Å². The summed E-state index contributed by atoms with van der Waals surface area (Å²) in [7, 11) is 0. The first kappa shape index (κ1) is 15.7. The summed E-state index contributed by atoms with van der Waals surface area (Å²) in [5.41, 5.74) is 0. The van der Waals surface area contributed by atoms with E-state index >= 15 is 0 Å². The van der Waals surface area contributed by atoms with Crippen molar-refractivity contribution in [2.75, 3.05) is 0 Å². The fourth-order valence-corrected chi connectivity index (χ4v) is 0. The number of hydrogen-bond donors (Lipinski definition) is 1. The van der Waals surface area contributed by atoms with Crippen LogP contribution in [0.15, 0.2) is 0 Å². The standard InChI is InChI=1S/Ba.HIO3.H2O/c;2-1(3)4;/h;2H;1H2/q+2;;. The Morgan fingerprint density at radius 2 is 1.33 bits per heavy atom. The van der Waals surface area contributed by atoms with E-state index in [1.165, 1.54) is 0 Å². The Hall–Kier alpha value is 2.14. The van der Waals surface area contributed by atoms with Crippen LogP contribution in [0.3, 0.4) is 0 Å². The molecule has 0 saturated heterocycles. The third-order valence-corrected chi connectivity index (χ3v) is 0. The first-order chi connectivity index (χ1) is 1.73. The molecular formula is H3BaIO4+2. The van der Waals surface area contributed by atoms with Gasteiger partial charge in [0.1, 0.15) is 0 Å². The molecular weight excluding hydrogens is 328 g/mol. The van der Waals surface area contributed by atoms with Crippen LogP contribution in [-0.2, 0) is 0 Å². The van der Waals surface area contributed by atoms with Crippen LogP contribution in [0.2, 0.25) is 0 Å². The average molecular weight is 331 g/mol. The van der Waals surface area contributed by atoms with Gasteiger partial charge in [0.25, 0.3) is 0 Å². The summed E-state index contributed by atoms with van der Waals surface area (Å²) >= 11 is -3.76. The van der Waals surface area contributed by atoms with Gasteiger partial charge in [-0.15, -0.1) is 0 Å². The van der Waals surface area contributed by atoms with Crippen molar-refractivity contribution in [3.05, 3.63) is 0 Å². The third kappa shape index (κ3) is 35.4. The van der Waals surface area contributed by atoms with Gasteiger partial charge in [0, 0.05) is 0 Å². The molecule has 3 N–H and O–H groups in total. The Bertz CT molecular complexity index is 12.3. The number of rotatable bonds is 0. The maximum Gasteiger partial charge on any atom is 2.00 e. The molecule has 34 valence electrons. The predicted octanol–water partition coefficient (Wildman–Crippen LogP) is -7.14. The fraction of sp³-hybridized carbons (Fsp3) is 0. The van der Waals surface area contributed by atoms with Crippen LogP contribution in [0.5, 0.6) is 0 Å². The largest absolute Gasteiger partial charge is 2.00 e. The molecule has 0 aromatic rings. The van der Waals surface area contributed by atoms with Crippen molar-refractivity contribution in [1.29, 1.82) is 0 Å². The van der Waals surface area contributed by atoms with E-state index in [1.807, 2.05) is 0 Å². The molecule has 0 aliphatic rings. The van der Waals surface area contributed by atoms with E-state index < -0.39 is 21.1 Å². The van der Waals surface area contributed by atoms with Crippen LogP contribution >= 0.6 is 0 Å². The van der Waals surface area contributed by atoms with Gasteiger partial charge in [-0.25, -0.2) is 0 Å². The maximum absolute atomic E-state index is 8.68. The van der Waals surface area contributed by atoms with Crippen molar-refractivity contribution >= 4 is 48.9 Å². The second-order valence-electron chi connectivity index (χ2n) is 0.201. The second-order valence-corrected chi connectivity index (χ2v) is 1.35. The molecule has 0 atom stereocenters. The molecule has 0 aromatic heterocycles. The number of halogens is 1. The predicted molar refractivity (Wildman–Crippen MR) is 11.6 cm³/mol. The molecule has 0 saturated carbocycles. The summed E-state index contributed by atoms with van der Waals surface area (Å²) in [5.74, 6) is 0. The normalized spacial score (nSPS) is 6.00. The molecule has 6 heavy (non-hydrogen) atoms. The average Bonchev–Trinajstić information content (AvgIpc) is 0.811. The van der Waals surface area contributed by atoms with Gasteiger partial charge in [-0.2, -0.15) is 0 Å². The van der Waals surface area contributed by atoms with Gasteiger partial charge in [0.15, 0.2) is 0 Å². The topological polar surface area (TPSA) is 97.9 Å². The Labute approximate surface area is 84.0 Å². The molecule has 0 radical (unpaired) electrons. The van der Waals surface area contributed by atoms with Crippen LogP contribution in [0.4, 0.5) is 0 Å². The zero-order chi connectivity index (χ0) is 3.58. The van der Waals surface area contributed by atoms with Crippen LogP contribution in [0.25, 0.3) is 0 Å². The molecule has 4 nitrogen and oxygen atoms in total. The van der Waals surface area contributed by atoms with E-state index in [0.29, 0.717) is 0 Å². The second kappa shape index (κ2) is 10.2. The monoisotopic (exact) mass is 332 g/mol. The molecule has 0 aromatic carbocycles. The zero-order valence-electron chi connectivity index (χ0n) is 2.85.